The molecule has 0 radical (unpaired) electrons. The summed E-state index contributed by atoms with van der Waals surface area (Å²) in [5.41, 5.74) is 0.904. The highest BCUT2D eigenvalue weighted by Crippen LogP contribution is 2.28. The monoisotopic (exact) mass is 287 g/mol. The van der Waals surface area contributed by atoms with Crippen LogP contribution in [0.25, 0.3) is 11.5 Å². The maximum atomic E-state index is 11.8. The first-order valence-electron chi connectivity index (χ1n) is 6.93. The molecular weight excluding hydrogens is 270 g/mol. The van der Waals surface area contributed by atoms with Crippen molar-refractivity contribution in [1.82, 2.24) is 15.1 Å². The average Bonchev–Trinajstić information content (AvgIpc) is 3.17. The van der Waals surface area contributed by atoms with E-state index in [0.717, 1.165) is 12.0 Å². The summed E-state index contributed by atoms with van der Waals surface area (Å²) in [6.07, 6.45) is 0.839. The third-order valence-electron chi connectivity index (χ3n) is 3.62. The molecule has 0 saturated carbocycles. The van der Waals surface area contributed by atoms with Crippen LogP contribution in [0.2, 0.25) is 0 Å². The van der Waals surface area contributed by atoms with Gasteiger partial charge in [-0.25, -0.2) is 0 Å². The lowest BCUT2D eigenvalue weighted by Crippen LogP contribution is -2.31. The van der Waals surface area contributed by atoms with Crippen molar-refractivity contribution in [2.75, 3.05) is 26.8 Å². The summed E-state index contributed by atoms with van der Waals surface area (Å²) >= 11 is 0. The Kier molecular flexibility index (Phi) is 3.96. The molecule has 2 heterocycles. The molecule has 2 aromatic rings. The van der Waals surface area contributed by atoms with E-state index in [1.165, 1.54) is 7.11 Å². The van der Waals surface area contributed by atoms with Gasteiger partial charge in [0, 0.05) is 25.8 Å². The standard InChI is InChI=1S/C15H17N3O3/c1-20-10-13(19)18-8-7-12(9-18)15-17-16-14(21-15)11-5-3-2-4-6-11/h2-6,12H,7-10H2,1H3. The maximum Gasteiger partial charge on any atom is 0.248 e. The zero-order valence-electron chi connectivity index (χ0n) is 11.9. The van der Waals surface area contributed by atoms with E-state index in [1.54, 1.807) is 4.90 Å². The van der Waals surface area contributed by atoms with Gasteiger partial charge in [0.1, 0.15) is 6.61 Å². The van der Waals surface area contributed by atoms with Crippen LogP contribution in [0.3, 0.4) is 0 Å². The fraction of sp³-hybridized carbons (Fsp3) is 0.400. The van der Waals surface area contributed by atoms with Crippen LogP contribution >= 0.6 is 0 Å². The van der Waals surface area contributed by atoms with Crippen LogP contribution in [0.5, 0.6) is 0 Å². The molecule has 1 saturated heterocycles. The number of carbonyl (C=O) groups is 1. The Morgan fingerprint density at radius 3 is 2.95 bits per heavy atom. The van der Waals surface area contributed by atoms with Crippen LogP contribution in [0.4, 0.5) is 0 Å². The molecule has 1 fully saturated rings. The van der Waals surface area contributed by atoms with Gasteiger partial charge in [0.15, 0.2) is 0 Å². The van der Waals surface area contributed by atoms with Crippen LogP contribution in [0.15, 0.2) is 34.7 Å². The second-order valence-electron chi connectivity index (χ2n) is 5.07. The van der Waals surface area contributed by atoms with Crippen molar-refractivity contribution in [2.45, 2.75) is 12.3 Å². The highest BCUT2D eigenvalue weighted by Gasteiger charge is 2.30. The van der Waals surface area contributed by atoms with E-state index in [4.69, 9.17) is 9.15 Å². The predicted molar refractivity (Wildman–Crippen MR) is 75.5 cm³/mol. The molecule has 3 rings (SSSR count). The van der Waals surface area contributed by atoms with Gasteiger partial charge in [0.25, 0.3) is 0 Å². The molecule has 0 aliphatic carbocycles. The number of ether oxygens (including phenoxy) is 1. The second-order valence-corrected chi connectivity index (χ2v) is 5.07. The number of amides is 1. The van der Waals surface area contributed by atoms with Gasteiger partial charge >= 0.3 is 0 Å². The highest BCUT2D eigenvalue weighted by molar-refractivity contribution is 5.77. The summed E-state index contributed by atoms with van der Waals surface area (Å²) in [6.45, 7) is 1.43. The van der Waals surface area contributed by atoms with Crippen molar-refractivity contribution in [2.24, 2.45) is 0 Å². The Balaban J connectivity index is 1.69. The van der Waals surface area contributed by atoms with Crippen molar-refractivity contribution >= 4 is 5.91 Å². The smallest absolute Gasteiger partial charge is 0.248 e. The number of hydrogen-bond donors (Lipinski definition) is 0. The van der Waals surface area contributed by atoms with E-state index in [-0.39, 0.29) is 18.4 Å². The topological polar surface area (TPSA) is 68.5 Å². The number of carbonyl (C=O) groups excluding carboxylic acids is 1. The van der Waals surface area contributed by atoms with E-state index in [2.05, 4.69) is 10.2 Å². The predicted octanol–water partition coefficient (Wildman–Crippen LogP) is 1.70. The molecule has 1 amide bonds. The number of likely N-dealkylation sites (tertiary alicyclic amines) is 1. The van der Waals surface area contributed by atoms with Crippen LogP contribution in [-0.2, 0) is 9.53 Å². The molecule has 6 heteroatoms. The summed E-state index contributed by atoms with van der Waals surface area (Å²) < 4.78 is 10.6. The summed E-state index contributed by atoms with van der Waals surface area (Å²) in [4.78, 5) is 13.6. The molecule has 110 valence electrons. The largest absolute Gasteiger partial charge is 0.420 e. The van der Waals surface area contributed by atoms with E-state index in [0.29, 0.717) is 24.9 Å². The van der Waals surface area contributed by atoms with Crippen molar-refractivity contribution in [3.63, 3.8) is 0 Å². The minimum absolute atomic E-state index is 0.00259. The first-order valence-corrected chi connectivity index (χ1v) is 6.93. The van der Waals surface area contributed by atoms with Gasteiger partial charge in [-0.3, -0.25) is 4.79 Å². The van der Waals surface area contributed by atoms with E-state index < -0.39 is 0 Å². The Bertz CT molecular complexity index is 612. The molecule has 0 spiro atoms. The third kappa shape index (κ3) is 2.95. The second kappa shape index (κ2) is 6.05. The number of methoxy groups -OCH3 is 1. The Labute approximate surface area is 122 Å². The number of aromatic nitrogens is 2. The van der Waals surface area contributed by atoms with Gasteiger partial charge in [-0.2, -0.15) is 0 Å². The molecule has 1 aliphatic rings. The fourth-order valence-electron chi connectivity index (χ4n) is 2.50. The van der Waals surface area contributed by atoms with Crippen molar-refractivity contribution < 1.29 is 13.9 Å². The third-order valence-corrected chi connectivity index (χ3v) is 3.62. The molecule has 0 N–H and O–H groups in total. The van der Waals surface area contributed by atoms with Crippen LogP contribution in [0.1, 0.15) is 18.2 Å². The van der Waals surface area contributed by atoms with Gasteiger partial charge in [-0.15, -0.1) is 10.2 Å². The van der Waals surface area contributed by atoms with Crippen molar-refractivity contribution in [3.05, 3.63) is 36.2 Å². The number of benzene rings is 1. The minimum atomic E-state index is 0.00259. The summed E-state index contributed by atoms with van der Waals surface area (Å²) in [7, 11) is 1.52. The SMILES string of the molecule is COCC(=O)N1CCC(c2nnc(-c3ccccc3)o2)C1. The van der Waals surface area contributed by atoms with Gasteiger partial charge in [-0.1, -0.05) is 18.2 Å². The normalized spacial score (nSPS) is 18.1. The van der Waals surface area contributed by atoms with E-state index in [9.17, 15) is 4.79 Å². The Morgan fingerprint density at radius 2 is 2.19 bits per heavy atom. The molecule has 21 heavy (non-hydrogen) atoms. The minimum Gasteiger partial charge on any atom is -0.420 e. The van der Waals surface area contributed by atoms with Crippen molar-refractivity contribution in [3.8, 4) is 11.5 Å². The average molecular weight is 287 g/mol. The zero-order valence-corrected chi connectivity index (χ0v) is 11.9. The van der Waals surface area contributed by atoms with Gasteiger partial charge in [0.05, 0.1) is 5.92 Å². The van der Waals surface area contributed by atoms with Crippen LogP contribution < -0.4 is 0 Å². The molecule has 1 unspecified atom stereocenters. The van der Waals surface area contributed by atoms with E-state index >= 15 is 0 Å². The Hall–Kier alpha value is -2.21. The molecule has 1 aromatic carbocycles. The number of nitrogens with zero attached hydrogens (tertiary/aromatic N) is 3. The Morgan fingerprint density at radius 1 is 1.38 bits per heavy atom. The van der Waals surface area contributed by atoms with Gasteiger partial charge in [-0.05, 0) is 18.6 Å². The number of rotatable bonds is 4. The molecule has 1 atom stereocenters. The van der Waals surface area contributed by atoms with Gasteiger partial charge < -0.3 is 14.1 Å². The molecule has 1 aromatic heterocycles. The quantitative estimate of drug-likeness (QED) is 0.856. The first kappa shape index (κ1) is 13.8. The first-order chi connectivity index (χ1) is 10.3. The highest BCUT2D eigenvalue weighted by atomic mass is 16.5. The fourth-order valence-corrected chi connectivity index (χ4v) is 2.50. The van der Waals surface area contributed by atoms with Crippen molar-refractivity contribution in [1.29, 1.82) is 0 Å². The lowest BCUT2D eigenvalue weighted by molar-refractivity contribution is -0.134. The lowest BCUT2D eigenvalue weighted by atomic mass is 10.1. The van der Waals surface area contributed by atoms with Crippen LogP contribution in [-0.4, -0.2) is 47.8 Å². The summed E-state index contributed by atoms with van der Waals surface area (Å²) in [6, 6.07) is 9.66. The molecule has 6 nitrogen and oxygen atoms in total. The number of hydrogen-bond acceptors (Lipinski definition) is 5. The molecule has 1 aliphatic heterocycles. The van der Waals surface area contributed by atoms with E-state index in [1.807, 2.05) is 30.3 Å². The van der Waals surface area contributed by atoms with Crippen LogP contribution in [0, 0.1) is 0 Å². The summed E-state index contributed by atoms with van der Waals surface area (Å²) in [5.74, 6) is 1.23. The zero-order chi connectivity index (χ0) is 14.7. The molecular formula is C15H17N3O3. The molecule has 0 bridgehead atoms. The summed E-state index contributed by atoms with van der Waals surface area (Å²) in [5, 5.41) is 8.22. The lowest BCUT2D eigenvalue weighted by Gasteiger charge is -2.14. The van der Waals surface area contributed by atoms with Gasteiger partial charge in [0.2, 0.25) is 17.7 Å². The maximum absolute atomic E-state index is 11.8.